The molecule has 1 aromatic carbocycles. The minimum Gasteiger partial charge on any atom is -0.387 e. The van der Waals surface area contributed by atoms with E-state index in [-0.39, 0.29) is 0 Å². The van der Waals surface area contributed by atoms with Crippen molar-refractivity contribution >= 4 is 11.3 Å². The van der Waals surface area contributed by atoms with Crippen molar-refractivity contribution in [1.29, 1.82) is 0 Å². The quantitative estimate of drug-likeness (QED) is 0.758. The molecule has 0 bridgehead atoms. The summed E-state index contributed by atoms with van der Waals surface area (Å²) in [6, 6.07) is 10.4. The maximum atomic E-state index is 10.2. The van der Waals surface area contributed by atoms with E-state index in [9.17, 15) is 5.11 Å². The zero-order valence-electron chi connectivity index (χ0n) is 12.0. The third-order valence-electron chi connectivity index (χ3n) is 3.78. The second-order valence-corrected chi connectivity index (χ2v) is 6.59. The third kappa shape index (κ3) is 4.11. The lowest BCUT2D eigenvalue weighted by molar-refractivity contribution is 0.0608. The Balaban J connectivity index is 1.49. The Bertz CT molecular complexity index is 564. The molecule has 0 saturated carbocycles. The van der Waals surface area contributed by atoms with Gasteiger partial charge in [-0.15, -0.1) is 11.3 Å². The molecule has 1 atom stereocenters. The molecule has 1 aliphatic heterocycles. The maximum absolute atomic E-state index is 10.2. The first-order valence-electron chi connectivity index (χ1n) is 7.35. The van der Waals surface area contributed by atoms with Crippen LogP contribution in [0.15, 0.2) is 35.7 Å². The Hall–Kier alpha value is -1.27. The minimum absolute atomic E-state index is 0.594. The zero-order chi connectivity index (χ0) is 14.5. The molecule has 0 amide bonds. The molecule has 3 rings (SSSR count). The predicted octanol–water partition coefficient (Wildman–Crippen LogP) is 1.55. The molecule has 5 heteroatoms. The van der Waals surface area contributed by atoms with E-state index < -0.39 is 5.60 Å². The summed E-state index contributed by atoms with van der Waals surface area (Å²) in [7, 11) is 0. The SMILES string of the molecule is O[C@]1(CNCc2csc(Cc3ccccc3)n2)CCNC1. The first-order valence-corrected chi connectivity index (χ1v) is 8.23. The lowest BCUT2D eigenvalue weighted by Gasteiger charge is -2.21. The Morgan fingerprint density at radius 3 is 2.95 bits per heavy atom. The van der Waals surface area contributed by atoms with Crippen molar-refractivity contribution in [1.82, 2.24) is 15.6 Å². The molecule has 21 heavy (non-hydrogen) atoms. The van der Waals surface area contributed by atoms with E-state index in [1.165, 1.54) is 5.56 Å². The van der Waals surface area contributed by atoms with Crippen molar-refractivity contribution in [2.75, 3.05) is 19.6 Å². The summed E-state index contributed by atoms with van der Waals surface area (Å²) in [4.78, 5) is 4.65. The number of nitrogens with zero attached hydrogens (tertiary/aromatic N) is 1. The summed E-state index contributed by atoms with van der Waals surface area (Å²) in [5.41, 5.74) is 1.75. The molecule has 1 aliphatic rings. The largest absolute Gasteiger partial charge is 0.387 e. The van der Waals surface area contributed by atoms with Gasteiger partial charge >= 0.3 is 0 Å². The summed E-state index contributed by atoms with van der Waals surface area (Å²) < 4.78 is 0. The molecule has 0 radical (unpaired) electrons. The molecule has 0 unspecified atom stereocenters. The summed E-state index contributed by atoms with van der Waals surface area (Å²) in [5.74, 6) is 0. The Kier molecular flexibility index (Phi) is 4.65. The Morgan fingerprint density at radius 1 is 1.33 bits per heavy atom. The van der Waals surface area contributed by atoms with Gasteiger partial charge in [-0.05, 0) is 18.5 Å². The Labute approximate surface area is 129 Å². The van der Waals surface area contributed by atoms with Gasteiger partial charge in [-0.2, -0.15) is 0 Å². The van der Waals surface area contributed by atoms with Gasteiger partial charge in [0.2, 0.25) is 0 Å². The van der Waals surface area contributed by atoms with Crippen LogP contribution in [-0.2, 0) is 13.0 Å². The van der Waals surface area contributed by atoms with Crippen LogP contribution in [0.3, 0.4) is 0 Å². The van der Waals surface area contributed by atoms with Crippen LogP contribution in [-0.4, -0.2) is 35.3 Å². The van der Waals surface area contributed by atoms with Gasteiger partial charge in [0.25, 0.3) is 0 Å². The number of hydrogen-bond donors (Lipinski definition) is 3. The number of rotatable bonds is 6. The highest BCUT2D eigenvalue weighted by atomic mass is 32.1. The van der Waals surface area contributed by atoms with Crippen LogP contribution in [0.1, 0.15) is 22.7 Å². The van der Waals surface area contributed by atoms with Crippen molar-refractivity contribution in [3.05, 3.63) is 52.0 Å². The molecule has 3 N–H and O–H groups in total. The molecule has 0 aliphatic carbocycles. The lowest BCUT2D eigenvalue weighted by Crippen LogP contribution is -2.42. The smallest absolute Gasteiger partial charge is 0.0972 e. The van der Waals surface area contributed by atoms with E-state index >= 15 is 0 Å². The van der Waals surface area contributed by atoms with Crippen molar-refractivity contribution in [2.24, 2.45) is 0 Å². The fourth-order valence-corrected chi connectivity index (χ4v) is 3.41. The molecule has 4 nitrogen and oxygen atoms in total. The van der Waals surface area contributed by atoms with Gasteiger partial charge in [-0.1, -0.05) is 30.3 Å². The standard InChI is InChI=1S/C16H21N3OS/c20-16(6-7-17-11-16)12-18-9-14-10-21-15(19-14)8-13-4-2-1-3-5-13/h1-5,10,17-18,20H,6-9,11-12H2/t16-/m1/s1. The predicted molar refractivity (Wildman–Crippen MR) is 85.5 cm³/mol. The van der Waals surface area contributed by atoms with Crippen LogP contribution >= 0.6 is 11.3 Å². The second-order valence-electron chi connectivity index (χ2n) is 5.65. The fraction of sp³-hybridized carbons (Fsp3) is 0.438. The van der Waals surface area contributed by atoms with Gasteiger partial charge in [0.1, 0.15) is 0 Å². The van der Waals surface area contributed by atoms with Crippen molar-refractivity contribution < 1.29 is 5.11 Å². The number of thiazole rings is 1. The number of β-amino-alcohol motifs (C(OH)–C–C–N with tert-alkyl or cyclic N) is 1. The highest BCUT2D eigenvalue weighted by Crippen LogP contribution is 2.16. The average Bonchev–Trinajstić information content (AvgIpc) is 3.10. The third-order valence-corrected chi connectivity index (χ3v) is 4.68. The van der Waals surface area contributed by atoms with Gasteiger partial charge < -0.3 is 15.7 Å². The second kappa shape index (κ2) is 6.66. The first kappa shape index (κ1) is 14.7. The van der Waals surface area contributed by atoms with E-state index in [4.69, 9.17) is 0 Å². The molecule has 2 aromatic rings. The van der Waals surface area contributed by atoms with Gasteiger partial charge in [0.15, 0.2) is 0 Å². The molecule has 0 spiro atoms. The molecular weight excluding hydrogens is 282 g/mol. The van der Waals surface area contributed by atoms with Gasteiger partial charge in [0.05, 0.1) is 16.3 Å². The van der Waals surface area contributed by atoms with E-state index in [1.54, 1.807) is 11.3 Å². The summed E-state index contributed by atoms with van der Waals surface area (Å²) >= 11 is 1.70. The molecule has 112 valence electrons. The molecular formula is C16H21N3OS. The number of benzene rings is 1. The monoisotopic (exact) mass is 303 g/mol. The van der Waals surface area contributed by atoms with Crippen LogP contribution < -0.4 is 10.6 Å². The average molecular weight is 303 g/mol. The van der Waals surface area contributed by atoms with Crippen LogP contribution in [0.2, 0.25) is 0 Å². The van der Waals surface area contributed by atoms with Crippen LogP contribution in [0.5, 0.6) is 0 Å². The fourth-order valence-electron chi connectivity index (χ4n) is 2.59. The summed E-state index contributed by atoms with van der Waals surface area (Å²) in [5, 5.41) is 20.0. The molecule has 1 aromatic heterocycles. The minimum atomic E-state index is -0.594. The van der Waals surface area contributed by atoms with Crippen LogP contribution in [0.25, 0.3) is 0 Å². The van der Waals surface area contributed by atoms with Gasteiger partial charge in [-0.25, -0.2) is 4.98 Å². The topological polar surface area (TPSA) is 57.2 Å². The van der Waals surface area contributed by atoms with E-state index in [1.807, 2.05) is 6.07 Å². The van der Waals surface area contributed by atoms with Crippen LogP contribution in [0.4, 0.5) is 0 Å². The molecule has 2 heterocycles. The Morgan fingerprint density at radius 2 is 2.19 bits per heavy atom. The highest BCUT2D eigenvalue weighted by molar-refractivity contribution is 7.09. The lowest BCUT2D eigenvalue weighted by atomic mass is 10.0. The number of nitrogens with one attached hydrogen (secondary N) is 2. The highest BCUT2D eigenvalue weighted by Gasteiger charge is 2.30. The van der Waals surface area contributed by atoms with Crippen LogP contribution in [0, 0.1) is 0 Å². The van der Waals surface area contributed by atoms with E-state index in [2.05, 4.69) is 45.3 Å². The summed E-state index contributed by atoms with van der Waals surface area (Å²) in [6.45, 7) is 2.91. The molecule has 1 saturated heterocycles. The van der Waals surface area contributed by atoms with Gasteiger partial charge in [0, 0.05) is 31.4 Å². The van der Waals surface area contributed by atoms with E-state index in [0.717, 1.165) is 30.1 Å². The number of aliphatic hydroxyl groups is 1. The van der Waals surface area contributed by atoms with Crippen molar-refractivity contribution in [2.45, 2.75) is 25.0 Å². The van der Waals surface area contributed by atoms with Crippen molar-refractivity contribution in [3.63, 3.8) is 0 Å². The van der Waals surface area contributed by atoms with E-state index in [0.29, 0.717) is 19.6 Å². The summed E-state index contributed by atoms with van der Waals surface area (Å²) in [6.07, 6.45) is 1.70. The van der Waals surface area contributed by atoms with Crippen molar-refractivity contribution in [3.8, 4) is 0 Å². The first-order chi connectivity index (χ1) is 10.2. The van der Waals surface area contributed by atoms with Gasteiger partial charge in [-0.3, -0.25) is 0 Å². The number of aromatic nitrogens is 1. The maximum Gasteiger partial charge on any atom is 0.0972 e. The molecule has 1 fully saturated rings. The number of hydrogen-bond acceptors (Lipinski definition) is 5. The normalized spacial score (nSPS) is 21.8. The zero-order valence-corrected chi connectivity index (χ0v) is 12.8.